The van der Waals surface area contributed by atoms with Crippen LogP contribution in [0.5, 0.6) is 0 Å². The number of aromatic nitrogens is 4. The maximum absolute atomic E-state index is 5.18. The van der Waals surface area contributed by atoms with Crippen LogP contribution in [0.1, 0.15) is 0 Å². The predicted molar refractivity (Wildman–Crippen MR) is 201 cm³/mol. The Labute approximate surface area is 280 Å². The molecule has 0 N–H and O–H groups in total. The van der Waals surface area contributed by atoms with E-state index in [-0.39, 0.29) is 0 Å². The van der Waals surface area contributed by atoms with E-state index in [1.165, 1.54) is 47.2 Å². The minimum absolute atomic E-state index is 0.644. The van der Waals surface area contributed by atoms with Gasteiger partial charge >= 0.3 is 0 Å². The Balaban J connectivity index is 1.20. The van der Waals surface area contributed by atoms with Crippen LogP contribution in [0, 0.1) is 0 Å². The quantitative estimate of drug-likeness (QED) is 0.194. The van der Waals surface area contributed by atoms with E-state index in [2.05, 4.69) is 144 Å². The maximum Gasteiger partial charge on any atom is 0.165 e. The van der Waals surface area contributed by atoms with Gasteiger partial charge < -0.3 is 4.57 Å². The lowest BCUT2D eigenvalue weighted by Gasteiger charge is -2.12. The molecule has 0 atom stereocenters. The standard InChI is InChI=1S/C43H26N4S/c1-2-12-27(13-3-1)41-44-42(46-43(45-41)35-21-11-20-34-33-19-7-9-23-39(33)48-40(34)35)30-16-10-17-31(24-30)47-37-22-8-6-18-32(37)36-25-28-14-4-5-15-29(28)26-38(36)47/h1-26H. The zero-order chi connectivity index (χ0) is 31.6. The van der Waals surface area contributed by atoms with Crippen LogP contribution in [-0.2, 0) is 0 Å². The summed E-state index contributed by atoms with van der Waals surface area (Å²) in [7, 11) is 0. The van der Waals surface area contributed by atoms with E-state index >= 15 is 0 Å². The summed E-state index contributed by atoms with van der Waals surface area (Å²) in [4.78, 5) is 15.3. The number of hydrogen-bond donors (Lipinski definition) is 0. The van der Waals surface area contributed by atoms with E-state index in [1.54, 1.807) is 11.3 Å². The molecule has 48 heavy (non-hydrogen) atoms. The minimum Gasteiger partial charge on any atom is -0.309 e. The summed E-state index contributed by atoms with van der Waals surface area (Å²) in [5.74, 6) is 1.97. The first kappa shape index (κ1) is 27.0. The van der Waals surface area contributed by atoms with Crippen LogP contribution in [0.15, 0.2) is 158 Å². The van der Waals surface area contributed by atoms with Gasteiger partial charge in [0.2, 0.25) is 0 Å². The molecular weight excluding hydrogens is 605 g/mol. The maximum atomic E-state index is 5.18. The molecule has 10 rings (SSSR count). The Morgan fingerprint density at radius 2 is 1.06 bits per heavy atom. The van der Waals surface area contributed by atoms with Crippen LogP contribution in [0.4, 0.5) is 0 Å². The Hall–Kier alpha value is -6.17. The topological polar surface area (TPSA) is 43.6 Å². The van der Waals surface area contributed by atoms with Crippen molar-refractivity contribution in [3.63, 3.8) is 0 Å². The van der Waals surface area contributed by atoms with Crippen LogP contribution in [0.25, 0.3) is 92.6 Å². The SMILES string of the molecule is c1ccc(-c2nc(-c3cccc(-n4c5ccccc5c5cc6ccccc6cc54)c3)nc(-c3cccc4c3sc3ccccc34)n2)cc1. The van der Waals surface area contributed by atoms with Gasteiger partial charge in [0.05, 0.1) is 11.0 Å². The second-order valence-corrected chi connectivity index (χ2v) is 13.1. The molecule has 5 heteroatoms. The second kappa shape index (κ2) is 10.7. The molecule has 0 saturated carbocycles. The lowest BCUT2D eigenvalue weighted by Crippen LogP contribution is -2.01. The first-order chi connectivity index (χ1) is 23.8. The molecule has 0 aliphatic carbocycles. The van der Waals surface area contributed by atoms with Crippen molar-refractivity contribution in [1.29, 1.82) is 0 Å². The summed E-state index contributed by atoms with van der Waals surface area (Å²) in [5, 5.41) is 7.39. The van der Waals surface area contributed by atoms with Gasteiger partial charge in [0.15, 0.2) is 17.5 Å². The molecule has 3 aromatic heterocycles. The molecule has 10 aromatic rings. The molecule has 0 unspecified atom stereocenters. The molecular formula is C43H26N4S. The summed E-state index contributed by atoms with van der Waals surface area (Å²) in [5.41, 5.74) is 6.30. The number of benzene rings is 7. The van der Waals surface area contributed by atoms with Gasteiger partial charge in [-0.1, -0.05) is 115 Å². The van der Waals surface area contributed by atoms with Gasteiger partial charge in [0.25, 0.3) is 0 Å². The smallest absolute Gasteiger partial charge is 0.165 e. The summed E-state index contributed by atoms with van der Waals surface area (Å²) >= 11 is 1.79. The van der Waals surface area contributed by atoms with E-state index in [0.29, 0.717) is 17.5 Å². The van der Waals surface area contributed by atoms with Gasteiger partial charge in [-0.05, 0) is 53.2 Å². The third-order valence-corrected chi connectivity index (χ3v) is 10.4. The average molecular weight is 631 g/mol. The lowest BCUT2D eigenvalue weighted by molar-refractivity contribution is 1.07. The first-order valence-corrected chi connectivity index (χ1v) is 16.9. The Kier molecular flexibility index (Phi) is 6.01. The highest BCUT2D eigenvalue weighted by Crippen LogP contribution is 2.40. The Morgan fingerprint density at radius 1 is 0.417 bits per heavy atom. The number of nitrogens with zero attached hydrogens (tertiary/aromatic N) is 4. The highest BCUT2D eigenvalue weighted by Gasteiger charge is 2.18. The van der Waals surface area contributed by atoms with E-state index in [1.807, 2.05) is 18.2 Å². The molecule has 224 valence electrons. The van der Waals surface area contributed by atoms with Crippen molar-refractivity contribution < 1.29 is 0 Å². The second-order valence-electron chi connectivity index (χ2n) is 12.1. The molecule has 0 spiro atoms. The van der Waals surface area contributed by atoms with Crippen molar-refractivity contribution in [2.45, 2.75) is 0 Å². The van der Waals surface area contributed by atoms with Gasteiger partial charge in [-0.3, -0.25) is 0 Å². The lowest BCUT2D eigenvalue weighted by atomic mass is 10.1. The monoisotopic (exact) mass is 630 g/mol. The van der Waals surface area contributed by atoms with Crippen LogP contribution in [0.2, 0.25) is 0 Å². The van der Waals surface area contributed by atoms with Crippen molar-refractivity contribution >= 4 is 64.1 Å². The number of hydrogen-bond acceptors (Lipinski definition) is 4. The van der Waals surface area contributed by atoms with E-state index in [9.17, 15) is 0 Å². The van der Waals surface area contributed by atoms with Crippen LogP contribution in [0.3, 0.4) is 0 Å². The largest absolute Gasteiger partial charge is 0.309 e. The first-order valence-electron chi connectivity index (χ1n) is 16.0. The van der Waals surface area contributed by atoms with Gasteiger partial charge in [-0.15, -0.1) is 11.3 Å². The molecule has 0 radical (unpaired) electrons. The fourth-order valence-electron chi connectivity index (χ4n) is 6.98. The zero-order valence-electron chi connectivity index (χ0n) is 25.7. The van der Waals surface area contributed by atoms with Crippen molar-refractivity contribution in [3.05, 3.63) is 158 Å². The van der Waals surface area contributed by atoms with Crippen molar-refractivity contribution in [2.75, 3.05) is 0 Å². The number of thiophene rings is 1. The van der Waals surface area contributed by atoms with E-state index in [0.717, 1.165) is 27.9 Å². The van der Waals surface area contributed by atoms with Crippen molar-refractivity contribution in [3.8, 4) is 39.9 Å². The molecule has 0 bridgehead atoms. The van der Waals surface area contributed by atoms with Crippen LogP contribution in [-0.4, -0.2) is 19.5 Å². The van der Waals surface area contributed by atoms with Crippen LogP contribution >= 0.6 is 11.3 Å². The number of rotatable bonds is 4. The fraction of sp³-hybridized carbons (Fsp3) is 0. The normalized spacial score (nSPS) is 11.8. The molecule has 7 aromatic carbocycles. The summed E-state index contributed by atoms with van der Waals surface area (Å²) in [6.07, 6.45) is 0. The molecule has 0 aliphatic rings. The van der Waals surface area contributed by atoms with E-state index in [4.69, 9.17) is 15.0 Å². The summed E-state index contributed by atoms with van der Waals surface area (Å²) < 4.78 is 4.80. The third kappa shape index (κ3) is 4.25. The molecule has 0 amide bonds. The molecule has 3 heterocycles. The van der Waals surface area contributed by atoms with E-state index < -0.39 is 0 Å². The Morgan fingerprint density at radius 3 is 1.94 bits per heavy atom. The molecule has 0 fully saturated rings. The van der Waals surface area contributed by atoms with Gasteiger partial charge in [-0.25, -0.2) is 15.0 Å². The number of fused-ring (bicyclic) bond motifs is 7. The summed E-state index contributed by atoms with van der Waals surface area (Å²) in [6, 6.07) is 55.6. The molecule has 4 nitrogen and oxygen atoms in total. The third-order valence-electron chi connectivity index (χ3n) is 9.22. The molecule has 0 saturated heterocycles. The number of para-hydroxylation sites is 1. The predicted octanol–water partition coefficient (Wildman–Crippen LogP) is 11.5. The highest BCUT2D eigenvalue weighted by atomic mass is 32.1. The van der Waals surface area contributed by atoms with Crippen molar-refractivity contribution in [1.82, 2.24) is 19.5 Å². The van der Waals surface area contributed by atoms with Gasteiger partial charge in [-0.2, -0.15) is 0 Å². The van der Waals surface area contributed by atoms with Gasteiger partial charge in [0.1, 0.15) is 0 Å². The fourth-order valence-corrected chi connectivity index (χ4v) is 8.19. The average Bonchev–Trinajstić information content (AvgIpc) is 3.69. The van der Waals surface area contributed by atoms with Gasteiger partial charge in [0, 0.05) is 53.3 Å². The summed E-state index contributed by atoms with van der Waals surface area (Å²) in [6.45, 7) is 0. The molecule has 0 aliphatic heterocycles. The highest BCUT2D eigenvalue weighted by molar-refractivity contribution is 7.26. The van der Waals surface area contributed by atoms with Crippen molar-refractivity contribution in [2.24, 2.45) is 0 Å². The Bertz CT molecular complexity index is 2850. The minimum atomic E-state index is 0.644. The van der Waals surface area contributed by atoms with Crippen LogP contribution < -0.4 is 0 Å². The zero-order valence-corrected chi connectivity index (χ0v) is 26.5.